The highest BCUT2D eigenvalue weighted by Gasteiger charge is 2.45. The summed E-state index contributed by atoms with van der Waals surface area (Å²) in [6.45, 7) is 1.56. The Kier molecular flexibility index (Phi) is 5.23. The summed E-state index contributed by atoms with van der Waals surface area (Å²) in [5, 5.41) is 4.79. The van der Waals surface area contributed by atoms with E-state index in [0.29, 0.717) is 5.91 Å². The van der Waals surface area contributed by atoms with Crippen molar-refractivity contribution in [1.29, 1.82) is 0 Å². The van der Waals surface area contributed by atoms with Crippen molar-refractivity contribution in [2.75, 3.05) is 13.1 Å². The van der Waals surface area contributed by atoms with Crippen LogP contribution in [0.3, 0.4) is 0 Å². The van der Waals surface area contributed by atoms with Crippen molar-refractivity contribution >= 4 is 28.8 Å². The number of nitrogens with zero attached hydrogens (tertiary/aromatic N) is 1. The van der Waals surface area contributed by atoms with Gasteiger partial charge in [0.15, 0.2) is 0 Å². The molecule has 1 aliphatic carbocycles. The van der Waals surface area contributed by atoms with Crippen LogP contribution in [-0.4, -0.2) is 30.0 Å². The third-order valence-electron chi connectivity index (χ3n) is 5.79. The van der Waals surface area contributed by atoms with Crippen LogP contribution < -0.4 is 4.74 Å². The van der Waals surface area contributed by atoms with Gasteiger partial charge in [0, 0.05) is 36.3 Å². The Morgan fingerprint density at radius 1 is 1.12 bits per heavy atom. The maximum absolute atomic E-state index is 13.5. The van der Waals surface area contributed by atoms with Gasteiger partial charge in [0.1, 0.15) is 11.9 Å². The van der Waals surface area contributed by atoms with Crippen LogP contribution in [0.4, 0.5) is 0 Å². The van der Waals surface area contributed by atoms with E-state index >= 15 is 0 Å². The monoisotopic (exact) mass is 389 g/mol. The molecule has 138 valence electrons. The van der Waals surface area contributed by atoms with Crippen LogP contribution in [0.5, 0.6) is 5.75 Å². The molecule has 1 saturated carbocycles. The van der Waals surface area contributed by atoms with Crippen LogP contribution in [-0.2, 0) is 10.2 Å². The highest BCUT2D eigenvalue weighted by molar-refractivity contribution is 7.08. The second kappa shape index (κ2) is 7.61. The van der Waals surface area contributed by atoms with Crippen LogP contribution in [0.2, 0.25) is 5.02 Å². The number of amides is 1. The Hall–Kier alpha value is -1.52. The highest BCUT2D eigenvalue weighted by atomic mass is 35.5. The van der Waals surface area contributed by atoms with E-state index in [-0.39, 0.29) is 11.5 Å². The SMILES string of the molecule is O=C(N1CCC(Oc2ccsc2)CC1)C1(c2ccc(Cl)cc2)CCCC1. The third kappa shape index (κ3) is 3.49. The number of hydrogen-bond donors (Lipinski definition) is 0. The molecule has 3 nitrogen and oxygen atoms in total. The number of hydrogen-bond acceptors (Lipinski definition) is 3. The van der Waals surface area contributed by atoms with Crippen molar-refractivity contribution in [2.45, 2.75) is 50.0 Å². The maximum Gasteiger partial charge on any atom is 0.233 e. The number of benzene rings is 1. The molecule has 0 bridgehead atoms. The molecule has 1 saturated heterocycles. The molecule has 0 atom stereocenters. The molecule has 26 heavy (non-hydrogen) atoms. The third-order valence-corrected chi connectivity index (χ3v) is 6.70. The van der Waals surface area contributed by atoms with E-state index in [9.17, 15) is 4.79 Å². The van der Waals surface area contributed by atoms with Gasteiger partial charge in [0.25, 0.3) is 0 Å². The Morgan fingerprint density at radius 3 is 2.42 bits per heavy atom. The van der Waals surface area contributed by atoms with E-state index in [1.807, 2.05) is 41.1 Å². The number of halogens is 1. The standard InChI is InChI=1S/C21H24ClNO2S/c22-17-5-3-16(4-6-17)21(10-1-2-11-21)20(24)23-12-7-18(8-13-23)25-19-9-14-26-15-19/h3-6,9,14-15,18H,1-2,7-8,10-13H2. The van der Waals surface area contributed by atoms with Gasteiger partial charge in [-0.05, 0) is 42.0 Å². The zero-order valence-corrected chi connectivity index (χ0v) is 16.4. The van der Waals surface area contributed by atoms with Crippen molar-refractivity contribution in [3.8, 4) is 5.75 Å². The molecule has 2 aromatic rings. The number of carbonyl (C=O) groups is 1. The van der Waals surface area contributed by atoms with Gasteiger partial charge in [-0.1, -0.05) is 36.6 Å². The Morgan fingerprint density at radius 2 is 1.81 bits per heavy atom. The largest absolute Gasteiger partial charge is 0.489 e. The number of piperidine rings is 1. The summed E-state index contributed by atoms with van der Waals surface area (Å²) in [5.41, 5.74) is 0.770. The predicted molar refractivity (Wildman–Crippen MR) is 106 cm³/mol. The molecule has 0 unspecified atom stereocenters. The van der Waals surface area contributed by atoms with Crippen molar-refractivity contribution in [2.24, 2.45) is 0 Å². The lowest BCUT2D eigenvalue weighted by Crippen LogP contribution is -2.50. The lowest BCUT2D eigenvalue weighted by molar-refractivity contribution is -0.139. The van der Waals surface area contributed by atoms with E-state index in [0.717, 1.165) is 68.0 Å². The molecule has 2 aliphatic rings. The fourth-order valence-corrected chi connectivity index (χ4v) is 5.05. The van der Waals surface area contributed by atoms with Crippen molar-refractivity contribution < 1.29 is 9.53 Å². The topological polar surface area (TPSA) is 29.5 Å². The minimum atomic E-state index is -0.356. The molecule has 5 heteroatoms. The molecular weight excluding hydrogens is 366 g/mol. The second-order valence-corrected chi connectivity index (χ2v) is 8.58. The van der Waals surface area contributed by atoms with E-state index in [2.05, 4.69) is 4.90 Å². The summed E-state index contributed by atoms with van der Waals surface area (Å²) in [6, 6.07) is 9.91. The summed E-state index contributed by atoms with van der Waals surface area (Å²) < 4.78 is 6.03. The summed E-state index contributed by atoms with van der Waals surface area (Å²) >= 11 is 7.71. The van der Waals surface area contributed by atoms with Crippen LogP contribution in [0.1, 0.15) is 44.1 Å². The van der Waals surface area contributed by atoms with Crippen LogP contribution in [0.15, 0.2) is 41.1 Å². The van der Waals surface area contributed by atoms with Crippen molar-refractivity contribution in [3.63, 3.8) is 0 Å². The number of thiophene rings is 1. The Balaban J connectivity index is 1.45. The highest BCUT2D eigenvalue weighted by Crippen LogP contribution is 2.43. The van der Waals surface area contributed by atoms with Gasteiger partial charge in [-0.3, -0.25) is 4.79 Å². The fourth-order valence-electron chi connectivity index (χ4n) is 4.36. The maximum atomic E-state index is 13.5. The van der Waals surface area contributed by atoms with E-state index in [1.165, 1.54) is 0 Å². The fraction of sp³-hybridized carbons (Fsp3) is 0.476. The zero-order valence-electron chi connectivity index (χ0n) is 14.8. The summed E-state index contributed by atoms with van der Waals surface area (Å²) in [7, 11) is 0. The first-order valence-electron chi connectivity index (χ1n) is 9.42. The number of ether oxygens (including phenoxy) is 1. The molecule has 0 radical (unpaired) electrons. The molecule has 4 rings (SSSR count). The quantitative estimate of drug-likeness (QED) is 0.711. The van der Waals surface area contributed by atoms with Gasteiger partial charge in [-0.15, -0.1) is 11.3 Å². The van der Waals surface area contributed by atoms with E-state index < -0.39 is 0 Å². The molecule has 1 amide bonds. The Labute approximate surface area is 163 Å². The Bertz CT molecular complexity index is 730. The summed E-state index contributed by atoms with van der Waals surface area (Å²) in [6.07, 6.45) is 6.13. The minimum Gasteiger partial charge on any atom is -0.489 e. The number of rotatable bonds is 4. The lowest BCUT2D eigenvalue weighted by atomic mass is 9.77. The molecule has 1 aromatic heterocycles. The molecule has 2 heterocycles. The average Bonchev–Trinajstić information content (AvgIpc) is 3.35. The average molecular weight is 390 g/mol. The summed E-state index contributed by atoms with van der Waals surface area (Å²) in [5.74, 6) is 1.25. The first kappa shape index (κ1) is 17.9. The van der Waals surface area contributed by atoms with Crippen LogP contribution >= 0.6 is 22.9 Å². The number of likely N-dealkylation sites (tertiary alicyclic amines) is 1. The van der Waals surface area contributed by atoms with E-state index in [4.69, 9.17) is 16.3 Å². The normalized spacial score (nSPS) is 20.3. The van der Waals surface area contributed by atoms with E-state index in [1.54, 1.807) is 11.3 Å². The van der Waals surface area contributed by atoms with Gasteiger partial charge in [-0.25, -0.2) is 0 Å². The summed E-state index contributed by atoms with van der Waals surface area (Å²) in [4.78, 5) is 15.5. The predicted octanol–water partition coefficient (Wildman–Crippen LogP) is 5.28. The first-order valence-corrected chi connectivity index (χ1v) is 10.7. The molecule has 2 fully saturated rings. The minimum absolute atomic E-state index is 0.212. The van der Waals surface area contributed by atoms with Gasteiger partial charge in [0.05, 0.1) is 5.41 Å². The smallest absolute Gasteiger partial charge is 0.233 e. The second-order valence-electron chi connectivity index (χ2n) is 7.36. The molecular formula is C21H24ClNO2S. The molecule has 0 spiro atoms. The number of carbonyl (C=O) groups excluding carboxylic acids is 1. The van der Waals surface area contributed by atoms with Crippen molar-refractivity contribution in [1.82, 2.24) is 4.90 Å². The zero-order chi connectivity index (χ0) is 18.0. The first-order chi connectivity index (χ1) is 12.7. The van der Waals surface area contributed by atoms with Gasteiger partial charge < -0.3 is 9.64 Å². The van der Waals surface area contributed by atoms with Crippen LogP contribution in [0, 0.1) is 0 Å². The van der Waals surface area contributed by atoms with Crippen molar-refractivity contribution in [3.05, 3.63) is 51.7 Å². The molecule has 1 aliphatic heterocycles. The lowest BCUT2D eigenvalue weighted by Gasteiger charge is -2.38. The van der Waals surface area contributed by atoms with Gasteiger partial charge in [-0.2, -0.15) is 0 Å². The van der Waals surface area contributed by atoms with Crippen LogP contribution in [0.25, 0.3) is 0 Å². The van der Waals surface area contributed by atoms with Gasteiger partial charge in [0.2, 0.25) is 5.91 Å². The van der Waals surface area contributed by atoms with Gasteiger partial charge >= 0.3 is 0 Å². The molecule has 0 N–H and O–H groups in total. The molecule has 1 aromatic carbocycles.